The predicted octanol–water partition coefficient (Wildman–Crippen LogP) is 6.96. The minimum atomic E-state index is -0.131. The Kier molecular flexibility index (Phi) is 13.4. The number of esters is 1. The molecule has 188 valence electrons. The lowest BCUT2D eigenvalue weighted by atomic mass is 10.0. The van der Waals surface area contributed by atoms with Gasteiger partial charge in [0.15, 0.2) is 0 Å². The molecule has 0 radical (unpaired) electrons. The van der Waals surface area contributed by atoms with Gasteiger partial charge in [-0.2, -0.15) is 0 Å². The Bertz CT molecular complexity index is 786. The van der Waals surface area contributed by atoms with Gasteiger partial charge in [0.05, 0.1) is 40.3 Å². The first-order chi connectivity index (χ1) is 16.5. The molecule has 4 heteroatoms. The molecular formula is C30H46NO3+. The second-order valence-electron chi connectivity index (χ2n) is 9.99. The van der Waals surface area contributed by atoms with Crippen molar-refractivity contribution in [3.05, 3.63) is 65.7 Å². The van der Waals surface area contributed by atoms with E-state index >= 15 is 0 Å². The van der Waals surface area contributed by atoms with Crippen molar-refractivity contribution in [2.45, 2.75) is 77.7 Å². The van der Waals surface area contributed by atoms with Crippen LogP contribution in [0.1, 0.15) is 75.8 Å². The molecule has 4 nitrogen and oxygen atoms in total. The van der Waals surface area contributed by atoms with Gasteiger partial charge in [0, 0.05) is 12.0 Å². The molecule has 34 heavy (non-hydrogen) atoms. The largest absolute Gasteiger partial charge is 0.493 e. The number of hydrogen-bond acceptors (Lipinski definition) is 3. The van der Waals surface area contributed by atoms with Crippen molar-refractivity contribution in [3.8, 4) is 5.75 Å². The highest BCUT2D eigenvalue weighted by atomic mass is 16.5. The van der Waals surface area contributed by atoms with Crippen LogP contribution < -0.4 is 4.74 Å². The lowest BCUT2D eigenvalue weighted by molar-refractivity contribution is -0.903. The quantitative estimate of drug-likeness (QED) is 0.135. The molecular weight excluding hydrogens is 422 g/mol. The van der Waals surface area contributed by atoms with E-state index in [9.17, 15) is 4.79 Å². The first kappa shape index (κ1) is 27.9. The van der Waals surface area contributed by atoms with E-state index in [1.807, 2.05) is 6.07 Å². The topological polar surface area (TPSA) is 35.5 Å². The standard InChI is InChI=1S/C30H46NO3/c1-4-5-6-7-8-9-11-15-27-18-20-29(21-19-27)33-24-14-25-34-30(32)22-23-31(2,3)26-28-16-12-10-13-17-28/h10,12-13,16-21H,4-9,11,14-15,22-26H2,1-3H3/q+1. The number of quaternary nitrogens is 1. The lowest BCUT2D eigenvalue weighted by Crippen LogP contribution is -2.40. The van der Waals surface area contributed by atoms with Crippen LogP contribution in [0, 0.1) is 0 Å². The number of carbonyl (C=O) groups excluding carboxylic acids is 1. The van der Waals surface area contributed by atoms with Crippen LogP contribution in [0.3, 0.4) is 0 Å². The van der Waals surface area contributed by atoms with E-state index in [2.05, 4.69) is 69.6 Å². The van der Waals surface area contributed by atoms with Crippen molar-refractivity contribution in [3.63, 3.8) is 0 Å². The second-order valence-corrected chi connectivity index (χ2v) is 9.99. The summed E-state index contributed by atoms with van der Waals surface area (Å²) in [5, 5.41) is 0. The van der Waals surface area contributed by atoms with E-state index < -0.39 is 0 Å². The fraction of sp³-hybridized carbons (Fsp3) is 0.567. The van der Waals surface area contributed by atoms with Gasteiger partial charge in [-0.3, -0.25) is 4.79 Å². The SMILES string of the molecule is CCCCCCCCCc1ccc(OCCCOC(=O)CC[N+](C)(C)Cc2ccccc2)cc1. The average molecular weight is 469 g/mol. The minimum Gasteiger partial charge on any atom is -0.493 e. The maximum atomic E-state index is 12.1. The molecule has 0 bridgehead atoms. The van der Waals surface area contributed by atoms with E-state index in [1.165, 1.54) is 56.1 Å². The van der Waals surface area contributed by atoms with Gasteiger partial charge in [0.25, 0.3) is 0 Å². The van der Waals surface area contributed by atoms with Gasteiger partial charge in [0.1, 0.15) is 12.3 Å². The molecule has 0 amide bonds. The first-order valence-electron chi connectivity index (χ1n) is 13.2. The van der Waals surface area contributed by atoms with Crippen molar-refractivity contribution in [2.75, 3.05) is 33.9 Å². The van der Waals surface area contributed by atoms with Crippen LogP contribution in [0.4, 0.5) is 0 Å². The zero-order valence-electron chi connectivity index (χ0n) is 21.8. The van der Waals surface area contributed by atoms with Crippen LogP contribution >= 0.6 is 0 Å². The number of unbranched alkanes of at least 4 members (excludes halogenated alkanes) is 6. The number of hydrogen-bond donors (Lipinski definition) is 0. The Morgan fingerprint density at radius 2 is 1.44 bits per heavy atom. The fourth-order valence-corrected chi connectivity index (χ4v) is 4.10. The number of ether oxygens (including phenoxy) is 2. The van der Waals surface area contributed by atoms with Gasteiger partial charge in [-0.1, -0.05) is 87.9 Å². The van der Waals surface area contributed by atoms with Gasteiger partial charge in [0.2, 0.25) is 0 Å². The highest BCUT2D eigenvalue weighted by Gasteiger charge is 2.18. The summed E-state index contributed by atoms with van der Waals surface area (Å²) >= 11 is 0. The molecule has 0 unspecified atom stereocenters. The van der Waals surface area contributed by atoms with Crippen molar-refractivity contribution in [2.24, 2.45) is 0 Å². The van der Waals surface area contributed by atoms with Crippen LogP contribution in [0.15, 0.2) is 54.6 Å². The first-order valence-corrected chi connectivity index (χ1v) is 13.2. The average Bonchev–Trinajstić information content (AvgIpc) is 2.83. The molecule has 2 aromatic carbocycles. The molecule has 0 heterocycles. The maximum Gasteiger partial charge on any atom is 0.311 e. The third-order valence-corrected chi connectivity index (χ3v) is 6.19. The van der Waals surface area contributed by atoms with Crippen LogP contribution in [-0.2, 0) is 22.5 Å². The fourth-order valence-electron chi connectivity index (χ4n) is 4.10. The Labute approximate surface area is 207 Å². The summed E-state index contributed by atoms with van der Waals surface area (Å²) in [5.74, 6) is 0.753. The molecule has 0 aromatic heterocycles. The zero-order chi connectivity index (χ0) is 24.5. The summed E-state index contributed by atoms with van der Waals surface area (Å²) < 4.78 is 12.0. The summed E-state index contributed by atoms with van der Waals surface area (Å²) in [6.45, 7) is 4.88. The summed E-state index contributed by atoms with van der Waals surface area (Å²) in [5.41, 5.74) is 2.66. The molecule has 0 saturated heterocycles. The zero-order valence-corrected chi connectivity index (χ0v) is 21.8. The molecule has 2 aromatic rings. The van der Waals surface area contributed by atoms with E-state index in [-0.39, 0.29) is 5.97 Å². The molecule has 0 saturated carbocycles. The number of rotatable bonds is 18. The van der Waals surface area contributed by atoms with Crippen LogP contribution in [0.2, 0.25) is 0 Å². The molecule has 0 atom stereocenters. The predicted molar refractivity (Wildman–Crippen MR) is 141 cm³/mol. The molecule has 2 rings (SSSR count). The molecule has 0 aliphatic carbocycles. The molecule has 0 N–H and O–H groups in total. The number of nitrogens with zero attached hydrogens (tertiary/aromatic N) is 1. The van der Waals surface area contributed by atoms with Gasteiger partial charge >= 0.3 is 5.97 Å². The minimum absolute atomic E-state index is 0.131. The Hall–Kier alpha value is -2.33. The number of benzene rings is 2. The van der Waals surface area contributed by atoms with Gasteiger partial charge in [-0.05, 0) is 30.5 Å². The van der Waals surface area contributed by atoms with E-state index in [1.54, 1.807) is 0 Å². The lowest BCUT2D eigenvalue weighted by Gasteiger charge is -2.29. The summed E-state index contributed by atoms with van der Waals surface area (Å²) in [6, 6.07) is 18.8. The highest BCUT2D eigenvalue weighted by molar-refractivity contribution is 5.69. The van der Waals surface area contributed by atoms with Crippen molar-refractivity contribution >= 4 is 5.97 Å². The molecule has 0 fully saturated rings. The monoisotopic (exact) mass is 468 g/mol. The molecule has 0 spiro atoms. The molecule has 0 aliphatic rings. The normalized spacial score (nSPS) is 11.4. The van der Waals surface area contributed by atoms with Crippen LogP contribution in [0.5, 0.6) is 5.75 Å². The maximum absolute atomic E-state index is 12.1. The van der Waals surface area contributed by atoms with Gasteiger partial charge in [-0.15, -0.1) is 0 Å². The Morgan fingerprint density at radius 3 is 2.15 bits per heavy atom. The molecule has 0 aliphatic heterocycles. The smallest absolute Gasteiger partial charge is 0.311 e. The van der Waals surface area contributed by atoms with Crippen LogP contribution in [0.25, 0.3) is 0 Å². The summed E-state index contributed by atoms with van der Waals surface area (Å²) in [4.78, 5) is 12.1. The third-order valence-electron chi connectivity index (χ3n) is 6.19. The number of carbonyl (C=O) groups is 1. The Morgan fingerprint density at radius 1 is 0.765 bits per heavy atom. The second kappa shape index (κ2) is 16.3. The number of aryl methyl sites for hydroxylation is 1. The van der Waals surface area contributed by atoms with Crippen molar-refractivity contribution in [1.29, 1.82) is 0 Å². The third kappa shape index (κ3) is 12.8. The van der Waals surface area contributed by atoms with Crippen LogP contribution in [-0.4, -0.2) is 44.3 Å². The van der Waals surface area contributed by atoms with E-state index in [0.717, 1.165) is 29.7 Å². The highest BCUT2D eigenvalue weighted by Crippen LogP contribution is 2.16. The van der Waals surface area contributed by atoms with Crippen molar-refractivity contribution < 1.29 is 18.8 Å². The van der Waals surface area contributed by atoms with Gasteiger partial charge in [-0.25, -0.2) is 0 Å². The van der Waals surface area contributed by atoms with Gasteiger partial charge < -0.3 is 14.0 Å². The van der Waals surface area contributed by atoms with E-state index in [4.69, 9.17) is 9.47 Å². The summed E-state index contributed by atoms with van der Waals surface area (Å²) in [7, 11) is 4.29. The Balaban J connectivity index is 1.51. The summed E-state index contributed by atoms with van der Waals surface area (Å²) in [6.07, 6.45) is 11.7. The van der Waals surface area contributed by atoms with E-state index in [0.29, 0.717) is 26.1 Å². The van der Waals surface area contributed by atoms with Crippen molar-refractivity contribution in [1.82, 2.24) is 0 Å².